The Morgan fingerprint density at radius 2 is 2.30 bits per heavy atom. The van der Waals surface area contributed by atoms with Gasteiger partial charge in [-0.05, 0) is 0 Å². The van der Waals surface area contributed by atoms with Gasteiger partial charge in [-0.25, -0.2) is 4.79 Å². The molecule has 0 spiro atoms. The lowest BCUT2D eigenvalue weighted by Gasteiger charge is -1.89. The van der Waals surface area contributed by atoms with E-state index in [2.05, 4.69) is 9.97 Å². The van der Waals surface area contributed by atoms with Crippen LogP contribution in [-0.4, -0.2) is 9.97 Å². The van der Waals surface area contributed by atoms with E-state index >= 15 is 0 Å². The lowest BCUT2D eigenvalue weighted by atomic mass is 10.6. The van der Waals surface area contributed by atoms with Gasteiger partial charge in [-0.3, -0.25) is 4.98 Å². The molecule has 0 bridgehead atoms. The maximum atomic E-state index is 10.4. The minimum Gasteiger partial charge on any atom is -0.385 e. The van der Waals surface area contributed by atoms with E-state index in [9.17, 15) is 4.79 Å². The van der Waals surface area contributed by atoms with E-state index in [-0.39, 0.29) is 23.4 Å². The Balaban J connectivity index is 0.000000810. The van der Waals surface area contributed by atoms with Crippen LogP contribution in [0.15, 0.2) is 10.9 Å². The molecule has 1 aromatic rings. The van der Waals surface area contributed by atoms with Gasteiger partial charge in [0.1, 0.15) is 11.0 Å². The zero-order chi connectivity index (χ0) is 6.85. The van der Waals surface area contributed by atoms with Gasteiger partial charge in [-0.15, -0.1) is 12.4 Å². The Morgan fingerprint density at radius 3 is 2.70 bits per heavy atom. The average Bonchev–Trinajstić information content (AvgIpc) is 1.59. The van der Waals surface area contributed by atoms with Crippen molar-refractivity contribution in [1.82, 2.24) is 9.97 Å². The normalized spacial score (nSPS) is 8.50. The van der Waals surface area contributed by atoms with Gasteiger partial charge in [-0.1, -0.05) is 11.6 Å². The SMILES string of the molecule is Cl.Nc1cc(Cl)nc(=O)[nH]1. The molecule has 0 amide bonds. The second-order valence-corrected chi connectivity index (χ2v) is 1.85. The van der Waals surface area contributed by atoms with E-state index in [1.165, 1.54) is 6.07 Å². The molecule has 1 rings (SSSR count). The van der Waals surface area contributed by atoms with Gasteiger partial charge in [0.25, 0.3) is 0 Å². The fraction of sp³-hybridized carbons (Fsp3) is 0. The summed E-state index contributed by atoms with van der Waals surface area (Å²) in [4.78, 5) is 15.9. The van der Waals surface area contributed by atoms with Gasteiger partial charge in [0.2, 0.25) is 0 Å². The van der Waals surface area contributed by atoms with E-state index < -0.39 is 5.69 Å². The fourth-order valence-electron chi connectivity index (χ4n) is 0.445. The van der Waals surface area contributed by atoms with Crippen LogP contribution in [0.3, 0.4) is 0 Å². The first kappa shape index (κ1) is 9.26. The maximum absolute atomic E-state index is 10.4. The Kier molecular flexibility index (Phi) is 3.18. The summed E-state index contributed by atoms with van der Waals surface area (Å²) in [6.07, 6.45) is 0. The zero-order valence-electron chi connectivity index (χ0n) is 4.80. The van der Waals surface area contributed by atoms with Crippen molar-refractivity contribution in [3.8, 4) is 0 Å². The number of nitrogen functional groups attached to an aromatic ring is 1. The van der Waals surface area contributed by atoms with Gasteiger partial charge < -0.3 is 5.73 Å². The zero-order valence-corrected chi connectivity index (χ0v) is 6.37. The van der Waals surface area contributed by atoms with Crippen LogP contribution >= 0.6 is 24.0 Å². The number of aromatic nitrogens is 2. The molecule has 0 atom stereocenters. The summed E-state index contributed by atoms with van der Waals surface area (Å²) in [6, 6.07) is 1.36. The molecule has 6 heteroatoms. The highest BCUT2D eigenvalue weighted by Gasteiger charge is 1.91. The topological polar surface area (TPSA) is 71.8 Å². The summed E-state index contributed by atoms with van der Waals surface area (Å²) in [6.45, 7) is 0. The van der Waals surface area contributed by atoms with Crippen LogP contribution in [0.2, 0.25) is 5.15 Å². The van der Waals surface area contributed by atoms with Crippen molar-refractivity contribution < 1.29 is 0 Å². The Hall–Kier alpha value is -0.740. The van der Waals surface area contributed by atoms with Gasteiger partial charge in [0.05, 0.1) is 0 Å². The van der Waals surface area contributed by atoms with Crippen molar-refractivity contribution in [2.45, 2.75) is 0 Å². The van der Waals surface area contributed by atoms with E-state index in [1.54, 1.807) is 0 Å². The number of rotatable bonds is 0. The number of hydrogen-bond donors (Lipinski definition) is 2. The highest BCUT2D eigenvalue weighted by molar-refractivity contribution is 6.29. The minimum atomic E-state index is -0.528. The minimum absolute atomic E-state index is 0. The number of H-pyrrole nitrogens is 1. The number of nitrogens with one attached hydrogen (secondary N) is 1. The third-order valence-corrected chi connectivity index (χ3v) is 0.928. The molecule has 0 fully saturated rings. The Morgan fingerprint density at radius 1 is 1.70 bits per heavy atom. The van der Waals surface area contributed by atoms with E-state index in [1.807, 2.05) is 0 Å². The van der Waals surface area contributed by atoms with Gasteiger partial charge in [0.15, 0.2) is 0 Å². The standard InChI is InChI=1S/C4H4ClN3O.ClH/c5-2-1-3(6)8-4(9)7-2;/h1H,(H3,6,7,8,9);1H. The predicted molar refractivity (Wildman–Crippen MR) is 41.5 cm³/mol. The summed E-state index contributed by atoms with van der Waals surface area (Å²) < 4.78 is 0. The van der Waals surface area contributed by atoms with Crippen LogP contribution in [0.25, 0.3) is 0 Å². The summed E-state index contributed by atoms with van der Waals surface area (Å²) in [5.41, 5.74) is 4.65. The lowest BCUT2D eigenvalue weighted by molar-refractivity contribution is 1.08. The van der Waals surface area contributed by atoms with Crippen molar-refractivity contribution in [2.24, 2.45) is 0 Å². The summed E-state index contributed by atoms with van der Waals surface area (Å²) in [7, 11) is 0. The third kappa shape index (κ3) is 2.24. The molecular formula is C4H5Cl2N3O. The first-order chi connectivity index (χ1) is 4.18. The molecule has 0 unspecified atom stereocenters. The number of halogens is 2. The molecule has 0 aliphatic carbocycles. The van der Waals surface area contributed by atoms with Crippen molar-refractivity contribution in [3.63, 3.8) is 0 Å². The second-order valence-electron chi connectivity index (χ2n) is 1.46. The predicted octanol–water partition coefficient (Wildman–Crippen LogP) is 0.427. The second kappa shape index (κ2) is 3.43. The number of nitrogens with two attached hydrogens (primary N) is 1. The van der Waals surface area contributed by atoms with Crippen LogP contribution in [0.5, 0.6) is 0 Å². The molecule has 0 aliphatic rings. The summed E-state index contributed by atoms with van der Waals surface area (Å²) in [5, 5.41) is 0.108. The number of anilines is 1. The van der Waals surface area contributed by atoms with Crippen molar-refractivity contribution >= 4 is 29.8 Å². The molecule has 3 N–H and O–H groups in total. The fourth-order valence-corrected chi connectivity index (χ4v) is 0.639. The van der Waals surface area contributed by atoms with Crippen LogP contribution in [0.1, 0.15) is 0 Å². The number of hydrogen-bond acceptors (Lipinski definition) is 3. The third-order valence-electron chi connectivity index (χ3n) is 0.734. The molecule has 0 aliphatic heterocycles. The smallest absolute Gasteiger partial charge is 0.347 e. The lowest BCUT2D eigenvalue weighted by Crippen LogP contribution is -2.11. The molecule has 56 valence electrons. The average molecular weight is 182 g/mol. The molecule has 0 radical (unpaired) electrons. The molecule has 0 saturated heterocycles. The van der Waals surface area contributed by atoms with E-state index in [0.717, 1.165) is 0 Å². The molecular weight excluding hydrogens is 177 g/mol. The van der Waals surface area contributed by atoms with Crippen LogP contribution < -0.4 is 11.4 Å². The highest BCUT2D eigenvalue weighted by atomic mass is 35.5. The van der Waals surface area contributed by atoms with Crippen molar-refractivity contribution in [3.05, 3.63) is 21.7 Å². The first-order valence-corrected chi connectivity index (χ1v) is 2.58. The van der Waals surface area contributed by atoms with E-state index in [4.69, 9.17) is 17.3 Å². The number of nitrogens with zero attached hydrogens (tertiary/aromatic N) is 1. The van der Waals surface area contributed by atoms with Crippen molar-refractivity contribution in [2.75, 3.05) is 5.73 Å². The molecule has 10 heavy (non-hydrogen) atoms. The molecule has 1 aromatic heterocycles. The molecule has 0 aromatic carbocycles. The summed E-state index contributed by atoms with van der Waals surface area (Å²) in [5.74, 6) is 0.222. The largest absolute Gasteiger partial charge is 0.385 e. The van der Waals surface area contributed by atoms with E-state index in [0.29, 0.717) is 0 Å². The quantitative estimate of drug-likeness (QED) is 0.571. The van der Waals surface area contributed by atoms with Crippen LogP contribution in [0, 0.1) is 0 Å². The maximum Gasteiger partial charge on any atom is 0.347 e. The Labute approximate surface area is 67.8 Å². The number of aromatic amines is 1. The van der Waals surface area contributed by atoms with Crippen LogP contribution in [0.4, 0.5) is 5.82 Å². The van der Waals surface area contributed by atoms with Crippen LogP contribution in [-0.2, 0) is 0 Å². The monoisotopic (exact) mass is 181 g/mol. The molecule has 0 saturated carbocycles. The van der Waals surface area contributed by atoms with Crippen molar-refractivity contribution in [1.29, 1.82) is 0 Å². The first-order valence-electron chi connectivity index (χ1n) is 2.21. The van der Waals surface area contributed by atoms with Gasteiger partial charge in [-0.2, -0.15) is 4.98 Å². The van der Waals surface area contributed by atoms with Gasteiger partial charge in [0, 0.05) is 6.07 Å². The Bertz CT molecular complexity index is 248. The molecule has 1 heterocycles. The molecule has 4 nitrogen and oxygen atoms in total. The highest BCUT2D eigenvalue weighted by Crippen LogP contribution is 2.01. The van der Waals surface area contributed by atoms with Gasteiger partial charge >= 0.3 is 5.69 Å². The summed E-state index contributed by atoms with van der Waals surface area (Å²) >= 11 is 5.34.